The molecule has 0 spiro atoms. The van der Waals surface area contributed by atoms with E-state index in [9.17, 15) is 13.2 Å². The van der Waals surface area contributed by atoms with Crippen molar-refractivity contribution in [3.05, 3.63) is 65.7 Å². The van der Waals surface area contributed by atoms with Crippen LogP contribution in [0.15, 0.2) is 54.6 Å². The van der Waals surface area contributed by atoms with E-state index in [2.05, 4.69) is 5.32 Å². The average molecular weight is 360 g/mol. The summed E-state index contributed by atoms with van der Waals surface area (Å²) in [7, 11) is -3.60. The van der Waals surface area contributed by atoms with Crippen LogP contribution in [-0.2, 0) is 14.8 Å². The molecule has 0 saturated carbocycles. The van der Waals surface area contributed by atoms with Crippen LogP contribution in [0.3, 0.4) is 0 Å². The van der Waals surface area contributed by atoms with Crippen LogP contribution in [0.5, 0.6) is 0 Å². The number of carbonyl (C=O) groups excluding carboxylic acids is 1. The van der Waals surface area contributed by atoms with Crippen molar-refractivity contribution >= 4 is 21.6 Å². The third-order valence-corrected chi connectivity index (χ3v) is 5.28. The predicted molar refractivity (Wildman–Crippen MR) is 101 cm³/mol. The highest BCUT2D eigenvalue weighted by atomic mass is 32.2. The molecule has 0 aliphatic carbocycles. The molecule has 134 valence electrons. The molecule has 2 aromatic carbocycles. The number of sulfonamides is 1. The van der Waals surface area contributed by atoms with Gasteiger partial charge in [-0.2, -0.15) is 0 Å². The van der Waals surface area contributed by atoms with Crippen molar-refractivity contribution in [2.24, 2.45) is 0 Å². The number of hydrogen-bond donors (Lipinski definition) is 1. The fourth-order valence-electron chi connectivity index (χ4n) is 2.66. The zero-order valence-electron chi connectivity index (χ0n) is 14.9. The summed E-state index contributed by atoms with van der Waals surface area (Å²) in [5, 5.41) is 2.88. The number of nitrogens with one attached hydrogen (secondary N) is 1. The molecular weight excluding hydrogens is 336 g/mol. The largest absolute Gasteiger partial charge is 0.348 e. The predicted octanol–water partition coefficient (Wildman–Crippen LogP) is 3.03. The number of benzene rings is 2. The molecule has 1 N–H and O–H groups in total. The molecule has 2 rings (SSSR count). The summed E-state index contributed by atoms with van der Waals surface area (Å²) in [6.07, 6.45) is 1.11. The van der Waals surface area contributed by atoms with E-state index in [4.69, 9.17) is 0 Å². The smallest absolute Gasteiger partial charge is 0.244 e. The fraction of sp³-hybridized carbons (Fsp3) is 0.316. The molecule has 0 bridgehead atoms. The molecule has 0 saturated heterocycles. The Morgan fingerprint density at radius 2 is 1.56 bits per heavy atom. The molecule has 0 fully saturated rings. The van der Waals surface area contributed by atoms with Gasteiger partial charge in [0, 0.05) is 0 Å². The van der Waals surface area contributed by atoms with Crippen LogP contribution >= 0.6 is 0 Å². The minimum Gasteiger partial charge on any atom is -0.348 e. The first kappa shape index (κ1) is 19.0. The lowest BCUT2D eigenvalue weighted by molar-refractivity contribution is -0.122. The van der Waals surface area contributed by atoms with E-state index in [0.29, 0.717) is 5.69 Å². The molecule has 25 heavy (non-hydrogen) atoms. The highest BCUT2D eigenvalue weighted by Gasteiger charge is 2.29. The Morgan fingerprint density at radius 1 is 1.00 bits per heavy atom. The van der Waals surface area contributed by atoms with Crippen molar-refractivity contribution in [2.45, 2.75) is 32.9 Å². The molecule has 6 heteroatoms. The zero-order chi connectivity index (χ0) is 18.6. The summed E-state index contributed by atoms with van der Waals surface area (Å²) in [4.78, 5) is 12.6. The minimum absolute atomic E-state index is 0.212. The Kier molecular flexibility index (Phi) is 5.85. The highest BCUT2D eigenvalue weighted by Crippen LogP contribution is 2.22. The Hall–Kier alpha value is -2.34. The molecule has 0 radical (unpaired) electrons. The van der Waals surface area contributed by atoms with Crippen LogP contribution in [0.1, 0.15) is 31.0 Å². The van der Waals surface area contributed by atoms with E-state index in [1.807, 2.05) is 56.3 Å². The van der Waals surface area contributed by atoms with Gasteiger partial charge in [0.25, 0.3) is 0 Å². The van der Waals surface area contributed by atoms with Crippen molar-refractivity contribution in [2.75, 3.05) is 10.6 Å². The first-order chi connectivity index (χ1) is 11.7. The second kappa shape index (κ2) is 7.70. The second-order valence-corrected chi connectivity index (χ2v) is 8.07. The number of rotatable bonds is 6. The van der Waals surface area contributed by atoms with Gasteiger partial charge < -0.3 is 5.32 Å². The van der Waals surface area contributed by atoms with Crippen LogP contribution in [0.25, 0.3) is 0 Å². The van der Waals surface area contributed by atoms with Gasteiger partial charge in [0.1, 0.15) is 6.04 Å². The van der Waals surface area contributed by atoms with E-state index >= 15 is 0 Å². The molecule has 1 amide bonds. The second-order valence-electron chi connectivity index (χ2n) is 6.21. The lowest BCUT2D eigenvalue weighted by atomic mass is 10.1. The molecule has 0 aliphatic heterocycles. The quantitative estimate of drug-likeness (QED) is 0.861. The van der Waals surface area contributed by atoms with Crippen LogP contribution in [0.4, 0.5) is 5.69 Å². The minimum atomic E-state index is -3.60. The fourth-order valence-corrected chi connectivity index (χ4v) is 3.83. The summed E-state index contributed by atoms with van der Waals surface area (Å²) < 4.78 is 25.7. The summed E-state index contributed by atoms with van der Waals surface area (Å²) in [5.74, 6) is -0.345. The Bertz CT molecular complexity index is 818. The maximum absolute atomic E-state index is 12.6. The summed E-state index contributed by atoms with van der Waals surface area (Å²) in [5.41, 5.74) is 2.46. The third-order valence-electron chi connectivity index (χ3n) is 4.04. The number of carbonyl (C=O) groups is 1. The molecule has 2 aromatic rings. The van der Waals surface area contributed by atoms with Crippen molar-refractivity contribution in [3.8, 4) is 0 Å². The molecule has 0 heterocycles. The van der Waals surface area contributed by atoms with Crippen molar-refractivity contribution < 1.29 is 13.2 Å². The van der Waals surface area contributed by atoms with Crippen LogP contribution in [0.2, 0.25) is 0 Å². The van der Waals surface area contributed by atoms with E-state index in [1.54, 1.807) is 19.1 Å². The maximum Gasteiger partial charge on any atom is 0.244 e. The van der Waals surface area contributed by atoms with Gasteiger partial charge in [-0.15, -0.1) is 0 Å². The van der Waals surface area contributed by atoms with Crippen molar-refractivity contribution in [1.82, 2.24) is 5.32 Å². The molecule has 2 atom stereocenters. The standard InChI is InChI=1S/C19H24N2O3S/c1-14-10-12-18(13-11-14)21(25(4,23)24)16(3)19(22)20-15(2)17-8-6-5-7-9-17/h5-13,15-16H,1-4H3,(H,20,22)/t15-,16?/m0/s1. The van der Waals surface area contributed by atoms with Crippen molar-refractivity contribution in [1.29, 1.82) is 0 Å². The molecule has 5 nitrogen and oxygen atoms in total. The average Bonchev–Trinajstić information content (AvgIpc) is 2.56. The number of aryl methyl sites for hydroxylation is 1. The van der Waals surface area contributed by atoms with Gasteiger partial charge in [0.05, 0.1) is 18.0 Å². The lowest BCUT2D eigenvalue weighted by Crippen LogP contribution is -2.48. The Morgan fingerprint density at radius 3 is 2.08 bits per heavy atom. The third kappa shape index (κ3) is 4.82. The lowest BCUT2D eigenvalue weighted by Gasteiger charge is -2.29. The number of nitrogens with zero attached hydrogens (tertiary/aromatic N) is 1. The van der Waals surface area contributed by atoms with Gasteiger partial charge in [-0.3, -0.25) is 9.10 Å². The molecule has 1 unspecified atom stereocenters. The van der Waals surface area contributed by atoms with Crippen LogP contribution < -0.4 is 9.62 Å². The van der Waals surface area contributed by atoms with Gasteiger partial charge in [-0.25, -0.2) is 8.42 Å². The number of hydrogen-bond acceptors (Lipinski definition) is 3. The van der Waals surface area contributed by atoms with Gasteiger partial charge in [0.15, 0.2) is 0 Å². The Balaban J connectivity index is 2.23. The monoisotopic (exact) mass is 360 g/mol. The molecular formula is C19H24N2O3S. The summed E-state index contributed by atoms with van der Waals surface area (Å²) in [6.45, 7) is 5.39. The Labute approximate surface area is 149 Å². The molecule has 0 aromatic heterocycles. The van der Waals surface area contributed by atoms with E-state index in [-0.39, 0.29) is 11.9 Å². The van der Waals surface area contributed by atoms with Gasteiger partial charge in [0.2, 0.25) is 15.9 Å². The highest BCUT2D eigenvalue weighted by molar-refractivity contribution is 7.92. The van der Waals surface area contributed by atoms with Gasteiger partial charge in [-0.1, -0.05) is 48.0 Å². The number of amides is 1. The van der Waals surface area contributed by atoms with Crippen LogP contribution in [-0.4, -0.2) is 26.6 Å². The first-order valence-electron chi connectivity index (χ1n) is 8.11. The van der Waals surface area contributed by atoms with E-state index < -0.39 is 16.1 Å². The summed E-state index contributed by atoms with van der Waals surface area (Å²) in [6, 6.07) is 15.5. The van der Waals surface area contributed by atoms with Crippen LogP contribution in [0, 0.1) is 6.92 Å². The first-order valence-corrected chi connectivity index (χ1v) is 9.96. The summed E-state index contributed by atoms with van der Waals surface area (Å²) >= 11 is 0. The van der Waals surface area contributed by atoms with Gasteiger partial charge >= 0.3 is 0 Å². The zero-order valence-corrected chi connectivity index (χ0v) is 15.7. The maximum atomic E-state index is 12.6. The molecule has 0 aliphatic rings. The topological polar surface area (TPSA) is 66.5 Å². The van der Waals surface area contributed by atoms with Gasteiger partial charge in [-0.05, 0) is 38.5 Å². The SMILES string of the molecule is Cc1ccc(N(C(C)C(=O)N[C@@H](C)c2ccccc2)S(C)(=O)=O)cc1. The normalized spacial score (nSPS) is 13.8. The van der Waals surface area contributed by atoms with E-state index in [1.165, 1.54) is 0 Å². The number of anilines is 1. The van der Waals surface area contributed by atoms with E-state index in [0.717, 1.165) is 21.7 Å². The van der Waals surface area contributed by atoms with Crippen molar-refractivity contribution in [3.63, 3.8) is 0 Å².